The lowest BCUT2D eigenvalue weighted by Crippen LogP contribution is -2.17. The zero-order valence-electron chi connectivity index (χ0n) is 10.9. The highest BCUT2D eigenvalue weighted by Crippen LogP contribution is 2.11. The predicted octanol–water partition coefficient (Wildman–Crippen LogP) is 2.60. The van der Waals surface area contributed by atoms with E-state index in [1.165, 1.54) is 12.0 Å². The Morgan fingerprint density at radius 2 is 1.88 bits per heavy atom. The van der Waals surface area contributed by atoms with Crippen LogP contribution >= 0.6 is 0 Å². The minimum Gasteiger partial charge on any atom is -0.497 e. The first-order valence-corrected chi connectivity index (χ1v) is 6.28. The number of hydrogen-bond donors (Lipinski definition) is 1. The largest absolute Gasteiger partial charge is 0.497 e. The molecule has 0 aromatic heterocycles. The van der Waals surface area contributed by atoms with Gasteiger partial charge in [-0.2, -0.15) is 0 Å². The normalized spacial score (nSPS) is 10.5. The molecule has 1 rings (SSSR count). The van der Waals surface area contributed by atoms with Gasteiger partial charge >= 0.3 is 0 Å². The number of rotatable bonds is 9. The summed E-state index contributed by atoms with van der Waals surface area (Å²) in [6.07, 6.45) is 2.25. The quantitative estimate of drug-likeness (QED) is 0.670. The number of benzene rings is 1. The van der Waals surface area contributed by atoms with E-state index in [-0.39, 0.29) is 0 Å². The van der Waals surface area contributed by atoms with Gasteiger partial charge in [0, 0.05) is 6.61 Å². The van der Waals surface area contributed by atoms with Crippen molar-refractivity contribution in [1.29, 1.82) is 0 Å². The van der Waals surface area contributed by atoms with E-state index in [4.69, 9.17) is 9.47 Å². The third-order valence-electron chi connectivity index (χ3n) is 2.50. The van der Waals surface area contributed by atoms with Gasteiger partial charge in [-0.25, -0.2) is 0 Å². The lowest BCUT2D eigenvalue weighted by Gasteiger charge is -2.06. The fourth-order valence-electron chi connectivity index (χ4n) is 1.51. The first-order valence-electron chi connectivity index (χ1n) is 6.28. The standard InChI is InChI=1S/C14H23NO2/c1-3-9-15-10-4-11-17-12-13-5-7-14(16-2)8-6-13/h5-8,15H,3-4,9-12H2,1-2H3. The zero-order valence-corrected chi connectivity index (χ0v) is 10.9. The molecule has 1 aromatic rings. The third-order valence-corrected chi connectivity index (χ3v) is 2.50. The summed E-state index contributed by atoms with van der Waals surface area (Å²) in [5.41, 5.74) is 1.19. The third kappa shape index (κ3) is 6.29. The molecule has 0 unspecified atom stereocenters. The Balaban J connectivity index is 2.05. The van der Waals surface area contributed by atoms with Crippen molar-refractivity contribution in [3.05, 3.63) is 29.8 Å². The average Bonchev–Trinajstić information content (AvgIpc) is 2.38. The maximum absolute atomic E-state index is 5.59. The maximum Gasteiger partial charge on any atom is 0.118 e. The minimum atomic E-state index is 0.678. The number of ether oxygens (including phenoxy) is 2. The van der Waals surface area contributed by atoms with Crippen LogP contribution in [0.5, 0.6) is 5.75 Å². The topological polar surface area (TPSA) is 30.5 Å². The van der Waals surface area contributed by atoms with Gasteiger partial charge in [0.1, 0.15) is 5.75 Å². The second-order valence-corrected chi connectivity index (χ2v) is 4.00. The summed E-state index contributed by atoms with van der Waals surface area (Å²) in [5.74, 6) is 0.887. The summed E-state index contributed by atoms with van der Waals surface area (Å²) in [5, 5.41) is 3.35. The molecule has 1 N–H and O–H groups in total. The molecule has 3 heteroatoms. The summed E-state index contributed by atoms with van der Waals surface area (Å²) >= 11 is 0. The molecule has 0 atom stereocenters. The van der Waals surface area contributed by atoms with Crippen molar-refractivity contribution in [2.24, 2.45) is 0 Å². The summed E-state index contributed by atoms with van der Waals surface area (Å²) in [6.45, 7) is 5.79. The highest BCUT2D eigenvalue weighted by Gasteiger charge is 1.95. The molecule has 0 heterocycles. The molecule has 0 aliphatic heterocycles. The Kier molecular flexibility index (Phi) is 7.43. The van der Waals surface area contributed by atoms with Crippen LogP contribution in [0.1, 0.15) is 25.3 Å². The summed E-state index contributed by atoms with van der Waals surface area (Å²) in [7, 11) is 1.68. The Bertz CT molecular complexity index is 285. The minimum absolute atomic E-state index is 0.678. The molecule has 0 amide bonds. The van der Waals surface area contributed by atoms with Crippen LogP contribution in [0.2, 0.25) is 0 Å². The van der Waals surface area contributed by atoms with E-state index in [1.807, 2.05) is 24.3 Å². The first kappa shape index (κ1) is 14.0. The lowest BCUT2D eigenvalue weighted by atomic mass is 10.2. The van der Waals surface area contributed by atoms with Crippen LogP contribution in [-0.2, 0) is 11.3 Å². The van der Waals surface area contributed by atoms with Gasteiger partial charge in [0.05, 0.1) is 13.7 Å². The summed E-state index contributed by atoms with van der Waals surface area (Å²) in [4.78, 5) is 0. The van der Waals surface area contributed by atoms with Gasteiger partial charge < -0.3 is 14.8 Å². The number of nitrogens with one attached hydrogen (secondary N) is 1. The molecule has 1 aromatic carbocycles. The Morgan fingerprint density at radius 3 is 2.53 bits per heavy atom. The van der Waals surface area contributed by atoms with Gasteiger partial charge in [-0.05, 0) is 43.6 Å². The predicted molar refractivity (Wildman–Crippen MR) is 70.4 cm³/mol. The van der Waals surface area contributed by atoms with E-state index < -0.39 is 0 Å². The van der Waals surface area contributed by atoms with Crippen molar-refractivity contribution in [3.8, 4) is 5.75 Å². The van der Waals surface area contributed by atoms with Crippen molar-refractivity contribution >= 4 is 0 Å². The number of methoxy groups -OCH3 is 1. The van der Waals surface area contributed by atoms with Gasteiger partial charge in [0.2, 0.25) is 0 Å². The molecule has 96 valence electrons. The molecule has 0 saturated heterocycles. The monoisotopic (exact) mass is 237 g/mol. The Labute approximate surface area is 104 Å². The van der Waals surface area contributed by atoms with E-state index in [9.17, 15) is 0 Å². The molecule has 0 saturated carbocycles. The smallest absolute Gasteiger partial charge is 0.118 e. The molecule has 0 spiro atoms. The second-order valence-electron chi connectivity index (χ2n) is 4.00. The van der Waals surface area contributed by atoms with Crippen LogP contribution in [0.3, 0.4) is 0 Å². The van der Waals surface area contributed by atoms with Crippen molar-refractivity contribution in [2.75, 3.05) is 26.8 Å². The van der Waals surface area contributed by atoms with Crippen molar-refractivity contribution < 1.29 is 9.47 Å². The van der Waals surface area contributed by atoms with Crippen molar-refractivity contribution in [2.45, 2.75) is 26.4 Å². The van der Waals surface area contributed by atoms with Crippen LogP contribution in [0.15, 0.2) is 24.3 Å². The zero-order chi connectivity index (χ0) is 12.3. The summed E-state index contributed by atoms with van der Waals surface area (Å²) < 4.78 is 10.7. The second kappa shape index (κ2) is 9.02. The van der Waals surface area contributed by atoms with Crippen molar-refractivity contribution in [3.63, 3.8) is 0 Å². The van der Waals surface area contributed by atoms with Gasteiger partial charge in [-0.3, -0.25) is 0 Å². The Hall–Kier alpha value is -1.06. The van der Waals surface area contributed by atoms with E-state index in [0.717, 1.165) is 31.9 Å². The molecule has 0 bridgehead atoms. The average molecular weight is 237 g/mol. The first-order chi connectivity index (χ1) is 8.36. The molecule has 0 fully saturated rings. The van der Waals surface area contributed by atoms with Crippen LogP contribution < -0.4 is 10.1 Å². The molecule has 17 heavy (non-hydrogen) atoms. The molecular formula is C14H23NO2. The van der Waals surface area contributed by atoms with Crippen molar-refractivity contribution in [1.82, 2.24) is 5.32 Å². The molecule has 3 nitrogen and oxygen atoms in total. The van der Waals surface area contributed by atoms with Gasteiger partial charge in [0.15, 0.2) is 0 Å². The van der Waals surface area contributed by atoms with E-state index in [0.29, 0.717) is 6.61 Å². The molecule has 0 aliphatic rings. The van der Waals surface area contributed by atoms with Crippen LogP contribution in [0.25, 0.3) is 0 Å². The van der Waals surface area contributed by atoms with Crippen LogP contribution in [-0.4, -0.2) is 26.8 Å². The van der Waals surface area contributed by atoms with E-state index in [1.54, 1.807) is 7.11 Å². The highest BCUT2D eigenvalue weighted by atomic mass is 16.5. The SMILES string of the molecule is CCCNCCCOCc1ccc(OC)cc1. The van der Waals surface area contributed by atoms with Crippen LogP contribution in [0, 0.1) is 0 Å². The highest BCUT2D eigenvalue weighted by molar-refractivity contribution is 5.26. The number of hydrogen-bond acceptors (Lipinski definition) is 3. The maximum atomic E-state index is 5.59. The van der Waals surface area contributed by atoms with Crippen LogP contribution in [0.4, 0.5) is 0 Å². The Morgan fingerprint density at radius 1 is 1.12 bits per heavy atom. The van der Waals surface area contributed by atoms with Gasteiger partial charge in [-0.15, -0.1) is 0 Å². The molecule has 0 aliphatic carbocycles. The fourth-order valence-corrected chi connectivity index (χ4v) is 1.51. The van der Waals surface area contributed by atoms with E-state index in [2.05, 4.69) is 12.2 Å². The molecule has 0 radical (unpaired) electrons. The lowest BCUT2D eigenvalue weighted by molar-refractivity contribution is 0.118. The summed E-state index contributed by atoms with van der Waals surface area (Å²) in [6, 6.07) is 7.99. The van der Waals surface area contributed by atoms with Gasteiger partial charge in [-0.1, -0.05) is 19.1 Å². The fraction of sp³-hybridized carbons (Fsp3) is 0.571. The molecular weight excluding hydrogens is 214 g/mol. The van der Waals surface area contributed by atoms with E-state index >= 15 is 0 Å². The van der Waals surface area contributed by atoms with Gasteiger partial charge in [0.25, 0.3) is 0 Å².